The van der Waals surface area contributed by atoms with Crippen molar-refractivity contribution in [2.45, 2.75) is 53.0 Å². The molecule has 1 atom stereocenters. The van der Waals surface area contributed by atoms with Crippen molar-refractivity contribution in [2.24, 2.45) is 0 Å². The minimum atomic E-state index is -0.405. The van der Waals surface area contributed by atoms with E-state index in [0.29, 0.717) is 35.9 Å². The van der Waals surface area contributed by atoms with Gasteiger partial charge in [0.05, 0.1) is 12.6 Å². The topological polar surface area (TPSA) is 98.7 Å². The Balaban J connectivity index is 1.89. The molecular weight excluding hydrogens is 418 g/mol. The van der Waals surface area contributed by atoms with Crippen LogP contribution >= 0.6 is 0 Å². The van der Waals surface area contributed by atoms with Crippen LogP contribution in [0.4, 0.5) is 0 Å². The van der Waals surface area contributed by atoms with Gasteiger partial charge in [-0.2, -0.15) is 5.10 Å². The lowest BCUT2D eigenvalue weighted by Crippen LogP contribution is -2.30. The molecule has 1 unspecified atom stereocenters. The number of carbonyl (C=O) groups is 1. The van der Waals surface area contributed by atoms with Crippen molar-refractivity contribution in [2.75, 3.05) is 13.2 Å². The third-order valence-electron chi connectivity index (χ3n) is 6.17. The number of phenolic OH excluding ortho intramolecular Hbond substituents is 2. The molecule has 7 heteroatoms. The van der Waals surface area contributed by atoms with Gasteiger partial charge in [0.25, 0.3) is 5.91 Å². The van der Waals surface area contributed by atoms with E-state index in [4.69, 9.17) is 4.74 Å². The van der Waals surface area contributed by atoms with Crippen molar-refractivity contribution in [3.8, 4) is 28.5 Å². The molecule has 0 bridgehead atoms. The molecular formula is C26H31N3O4. The van der Waals surface area contributed by atoms with E-state index in [0.717, 1.165) is 41.5 Å². The zero-order chi connectivity index (χ0) is 23.7. The Morgan fingerprint density at radius 1 is 1.12 bits per heavy atom. The first kappa shape index (κ1) is 22.7. The Labute approximate surface area is 194 Å². The molecule has 33 heavy (non-hydrogen) atoms. The Morgan fingerprint density at radius 3 is 2.64 bits per heavy atom. The van der Waals surface area contributed by atoms with Crippen molar-refractivity contribution < 1.29 is 19.7 Å². The van der Waals surface area contributed by atoms with Crippen LogP contribution < -0.4 is 4.74 Å². The first-order valence-electron chi connectivity index (χ1n) is 11.5. The number of aromatic amines is 1. The normalized spacial score (nSPS) is 15.2. The summed E-state index contributed by atoms with van der Waals surface area (Å²) in [6.45, 7) is 8.83. The Morgan fingerprint density at radius 2 is 1.91 bits per heavy atom. The number of hydrogen-bond donors (Lipinski definition) is 3. The summed E-state index contributed by atoms with van der Waals surface area (Å²) in [5.41, 5.74) is 4.93. The second kappa shape index (κ2) is 9.17. The van der Waals surface area contributed by atoms with Gasteiger partial charge in [0.1, 0.15) is 17.1 Å². The highest BCUT2D eigenvalue weighted by atomic mass is 16.5. The highest BCUT2D eigenvalue weighted by Gasteiger charge is 2.42. The molecule has 174 valence electrons. The van der Waals surface area contributed by atoms with Crippen LogP contribution in [0.25, 0.3) is 11.3 Å². The van der Waals surface area contributed by atoms with Crippen molar-refractivity contribution >= 4 is 5.91 Å². The number of nitrogens with one attached hydrogen (secondary N) is 1. The van der Waals surface area contributed by atoms with E-state index < -0.39 is 6.04 Å². The summed E-state index contributed by atoms with van der Waals surface area (Å²) in [5, 5.41) is 28.5. The van der Waals surface area contributed by atoms with E-state index in [9.17, 15) is 15.0 Å². The lowest BCUT2D eigenvalue weighted by Gasteiger charge is -2.27. The molecule has 2 aromatic carbocycles. The van der Waals surface area contributed by atoms with E-state index in [1.807, 2.05) is 43.9 Å². The molecule has 7 nitrogen and oxygen atoms in total. The summed E-state index contributed by atoms with van der Waals surface area (Å²) < 4.78 is 5.62. The van der Waals surface area contributed by atoms with E-state index in [1.165, 1.54) is 0 Å². The Bertz CT molecular complexity index is 1180. The highest BCUT2D eigenvalue weighted by Crippen LogP contribution is 2.46. The number of phenols is 2. The molecule has 1 aromatic heterocycles. The van der Waals surface area contributed by atoms with Gasteiger partial charge >= 0.3 is 0 Å². The molecule has 3 N–H and O–H groups in total. The summed E-state index contributed by atoms with van der Waals surface area (Å²) in [6.07, 6.45) is 2.96. The minimum absolute atomic E-state index is 0.0575. The van der Waals surface area contributed by atoms with Gasteiger partial charge in [-0.1, -0.05) is 31.9 Å². The number of benzene rings is 2. The predicted octanol–water partition coefficient (Wildman–Crippen LogP) is 5.24. The zero-order valence-electron chi connectivity index (χ0n) is 19.6. The summed E-state index contributed by atoms with van der Waals surface area (Å²) in [6, 6.07) is 8.61. The lowest BCUT2D eigenvalue weighted by molar-refractivity contribution is 0.0740. The maximum absolute atomic E-state index is 13.4. The van der Waals surface area contributed by atoms with Crippen LogP contribution in [-0.2, 0) is 0 Å². The number of hydrogen-bond acceptors (Lipinski definition) is 5. The van der Waals surface area contributed by atoms with Crippen molar-refractivity contribution in [1.29, 1.82) is 0 Å². The fraction of sp³-hybridized carbons (Fsp3) is 0.385. The average Bonchev–Trinajstić information content (AvgIpc) is 3.32. The van der Waals surface area contributed by atoms with Crippen LogP contribution in [0.5, 0.6) is 17.2 Å². The molecule has 0 fully saturated rings. The third kappa shape index (κ3) is 4.03. The first-order valence-corrected chi connectivity index (χ1v) is 11.5. The number of amides is 1. The lowest BCUT2D eigenvalue weighted by atomic mass is 9.93. The van der Waals surface area contributed by atoms with Gasteiger partial charge in [-0.15, -0.1) is 0 Å². The second-order valence-electron chi connectivity index (χ2n) is 8.61. The van der Waals surface area contributed by atoms with E-state index in [1.54, 1.807) is 12.1 Å². The molecule has 2 heterocycles. The van der Waals surface area contributed by atoms with Crippen LogP contribution in [-0.4, -0.2) is 44.4 Å². The molecule has 1 aliphatic rings. The minimum Gasteiger partial charge on any atom is -0.507 e. The number of rotatable bonds is 8. The first-order chi connectivity index (χ1) is 15.9. The molecule has 0 spiro atoms. The van der Waals surface area contributed by atoms with Crippen molar-refractivity contribution in [3.63, 3.8) is 0 Å². The SMILES string of the molecule is CCCCCN1C(=O)c2[nH]nc(-c3cc(C)cc(C)c3O)c2C1c1ccc(O)c(OCC)c1. The Hall–Kier alpha value is -3.48. The van der Waals surface area contributed by atoms with Gasteiger partial charge < -0.3 is 19.8 Å². The molecule has 1 amide bonds. The van der Waals surface area contributed by atoms with Crippen LogP contribution in [0.3, 0.4) is 0 Å². The highest BCUT2D eigenvalue weighted by molar-refractivity contribution is 6.00. The fourth-order valence-corrected chi connectivity index (χ4v) is 4.62. The van der Waals surface area contributed by atoms with Gasteiger partial charge in [0.2, 0.25) is 0 Å². The number of ether oxygens (including phenoxy) is 1. The van der Waals surface area contributed by atoms with Gasteiger partial charge in [-0.3, -0.25) is 9.89 Å². The zero-order valence-corrected chi connectivity index (χ0v) is 19.6. The number of aryl methyl sites for hydroxylation is 2. The molecule has 4 rings (SSSR count). The summed E-state index contributed by atoms with van der Waals surface area (Å²) in [5.74, 6) is 0.483. The number of nitrogens with zero attached hydrogens (tertiary/aromatic N) is 2. The maximum Gasteiger partial charge on any atom is 0.273 e. The van der Waals surface area contributed by atoms with E-state index in [2.05, 4.69) is 17.1 Å². The van der Waals surface area contributed by atoms with E-state index >= 15 is 0 Å². The molecule has 1 aliphatic heterocycles. The number of carbonyl (C=O) groups excluding carboxylic acids is 1. The largest absolute Gasteiger partial charge is 0.507 e. The molecule has 0 saturated heterocycles. The van der Waals surface area contributed by atoms with Crippen molar-refractivity contribution in [3.05, 3.63) is 58.3 Å². The monoisotopic (exact) mass is 449 g/mol. The van der Waals surface area contributed by atoms with Crippen LogP contribution in [0, 0.1) is 13.8 Å². The summed E-state index contributed by atoms with van der Waals surface area (Å²) >= 11 is 0. The number of aromatic nitrogens is 2. The van der Waals surface area contributed by atoms with Gasteiger partial charge in [-0.25, -0.2) is 0 Å². The fourth-order valence-electron chi connectivity index (χ4n) is 4.62. The van der Waals surface area contributed by atoms with Crippen LogP contribution in [0.1, 0.15) is 71.9 Å². The number of H-pyrrole nitrogens is 1. The van der Waals surface area contributed by atoms with E-state index in [-0.39, 0.29) is 17.4 Å². The van der Waals surface area contributed by atoms with Crippen molar-refractivity contribution in [1.82, 2.24) is 15.1 Å². The van der Waals surface area contributed by atoms with Crippen LogP contribution in [0.15, 0.2) is 30.3 Å². The van der Waals surface area contributed by atoms with Gasteiger partial charge in [-0.05, 0) is 62.1 Å². The predicted molar refractivity (Wildman–Crippen MR) is 127 cm³/mol. The molecule has 0 saturated carbocycles. The third-order valence-corrected chi connectivity index (χ3v) is 6.17. The smallest absolute Gasteiger partial charge is 0.273 e. The van der Waals surface area contributed by atoms with Gasteiger partial charge in [0, 0.05) is 17.7 Å². The molecule has 3 aromatic rings. The second-order valence-corrected chi connectivity index (χ2v) is 8.61. The Kier molecular flexibility index (Phi) is 6.31. The summed E-state index contributed by atoms with van der Waals surface area (Å²) in [7, 11) is 0. The van der Waals surface area contributed by atoms with Crippen LogP contribution in [0.2, 0.25) is 0 Å². The summed E-state index contributed by atoms with van der Waals surface area (Å²) in [4.78, 5) is 15.3. The number of unbranched alkanes of at least 4 members (excludes halogenated alkanes) is 2. The van der Waals surface area contributed by atoms with Gasteiger partial charge in [0.15, 0.2) is 11.5 Å². The standard InChI is InChI=1S/C26H31N3O4/c1-5-7-8-11-29-24(17-9-10-19(30)20(14-17)33-6-2)21-22(27-28-23(21)26(29)32)18-13-15(3)12-16(4)25(18)31/h9-10,12-14,24,30-31H,5-8,11H2,1-4H3,(H,27,28). The molecule has 0 aliphatic carbocycles. The maximum atomic E-state index is 13.4. The number of aromatic hydroxyl groups is 2. The average molecular weight is 450 g/mol. The molecule has 0 radical (unpaired) electrons. The quantitative estimate of drug-likeness (QED) is 0.409. The number of fused-ring (bicyclic) bond motifs is 1.